The number of likely N-dealkylation sites (tertiary alicyclic amines) is 1. The summed E-state index contributed by atoms with van der Waals surface area (Å²) in [7, 11) is 0. The zero-order valence-corrected chi connectivity index (χ0v) is 19.9. The Balaban J connectivity index is 1.16. The standard InChI is InChI=1S/C28H28N6O2/c35-27(31-24-9-5-15-33(19-24)18-21-6-2-1-3-7-21)22-10-12-26(13-11-22)34-20-25(17-30-34)32-28(36)23-8-4-14-29-16-23/h1-4,6-8,10-14,16-17,20,24H,5,9,15,18-19H2,(H,31,35)(H,32,36). The van der Waals surface area contributed by atoms with Gasteiger partial charge in [-0.3, -0.25) is 19.5 Å². The maximum atomic E-state index is 12.9. The highest BCUT2D eigenvalue weighted by molar-refractivity contribution is 6.03. The molecular weight excluding hydrogens is 452 g/mol. The van der Waals surface area contributed by atoms with Crippen LogP contribution < -0.4 is 10.6 Å². The third-order valence-electron chi connectivity index (χ3n) is 6.25. The molecule has 0 saturated carbocycles. The van der Waals surface area contributed by atoms with Crippen molar-refractivity contribution in [2.75, 3.05) is 18.4 Å². The molecule has 36 heavy (non-hydrogen) atoms. The highest BCUT2D eigenvalue weighted by atomic mass is 16.2. The Hall–Kier alpha value is -4.30. The first-order valence-corrected chi connectivity index (χ1v) is 12.1. The Kier molecular flexibility index (Phi) is 7.14. The first-order chi connectivity index (χ1) is 17.6. The Labute approximate surface area is 210 Å². The maximum absolute atomic E-state index is 12.9. The SMILES string of the molecule is O=C(Nc1cnn(-c2ccc(C(=O)NC3CCCN(Cc4ccccc4)C3)cc2)c1)c1cccnc1. The minimum absolute atomic E-state index is 0.0713. The fraction of sp³-hybridized carbons (Fsp3) is 0.214. The van der Waals surface area contributed by atoms with E-state index in [1.807, 2.05) is 18.2 Å². The maximum Gasteiger partial charge on any atom is 0.257 e. The van der Waals surface area contributed by atoms with Gasteiger partial charge in [0.15, 0.2) is 0 Å². The van der Waals surface area contributed by atoms with Crippen LogP contribution >= 0.6 is 0 Å². The Morgan fingerprint density at radius 2 is 1.75 bits per heavy atom. The molecule has 1 aliphatic rings. The van der Waals surface area contributed by atoms with E-state index >= 15 is 0 Å². The van der Waals surface area contributed by atoms with E-state index < -0.39 is 0 Å². The van der Waals surface area contributed by atoms with Crippen LogP contribution in [0, 0.1) is 0 Å². The van der Waals surface area contributed by atoms with Crippen LogP contribution in [0.2, 0.25) is 0 Å². The molecule has 2 amide bonds. The Morgan fingerprint density at radius 3 is 2.53 bits per heavy atom. The van der Waals surface area contributed by atoms with E-state index in [1.165, 1.54) is 11.8 Å². The zero-order valence-electron chi connectivity index (χ0n) is 19.9. The summed E-state index contributed by atoms with van der Waals surface area (Å²) in [4.78, 5) is 31.6. The average Bonchev–Trinajstić information content (AvgIpc) is 3.38. The second kappa shape index (κ2) is 11.0. The van der Waals surface area contributed by atoms with Gasteiger partial charge in [-0.1, -0.05) is 30.3 Å². The number of anilines is 1. The van der Waals surface area contributed by atoms with Gasteiger partial charge in [0.05, 0.1) is 29.3 Å². The van der Waals surface area contributed by atoms with Gasteiger partial charge in [0.2, 0.25) is 0 Å². The van der Waals surface area contributed by atoms with E-state index in [-0.39, 0.29) is 17.9 Å². The molecule has 2 N–H and O–H groups in total. The van der Waals surface area contributed by atoms with Gasteiger partial charge >= 0.3 is 0 Å². The molecule has 3 heterocycles. The van der Waals surface area contributed by atoms with Crippen molar-refractivity contribution in [2.24, 2.45) is 0 Å². The topological polar surface area (TPSA) is 92.1 Å². The number of aromatic nitrogens is 3. The summed E-state index contributed by atoms with van der Waals surface area (Å²) in [6, 6.07) is 21.3. The molecule has 1 aliphatic heterocycles. The molecule has 0 bridgehead atoms. The van der Waals surface area contributed by atoms with Crippen molar-refractivity contribution in [1.29, 1.82) is 0 Å². The molecule has 0 radical (unpaired) electrons. The van der Waals surface area contributed by atoms with Crippen molar-refractivity contribution in [3.05, 3.63) is 108 Å². The Morgan fingerprint density at radius 1 is 0.917 bits per heavy atom. The summed E-state index contributed by atoms with van der Waals surface area (Å²) in [5.74, 6) is -0.322. The van der Waals surface area contributed by atoms with Crippen molar-refractivity contribution in [1.82, 2.24) is 25.0 Å². The van der Waals surface area contributed by atoms with Crippen LogP contribution in [-0.4, -0.2) is 50.6 Å². The Bertz CT molecular complexity index is 1300. The van der Waals surface area contributed by atoms with Gasteiger partial charge < -0.3 is 10.6 Å². The van der Waals surface area contributed by atoms with E-state index in [0.717, 1.165) is 38.2 Å². The van der Waals surface area contributed by atoms with Crippen molar-refractivity contribution < 1.29 is 9.59 Å². The zero-order chi connectivity index (χ0) is 24.7. The van der Waals surface area contributed by atoms with Crippen molar-refractivity contribution in [2.45, 2.75) is 25.4 Å². The summed E-state index contributed by atoms with van der Waals surface area (Å²) < 4.78 is 1.66. The number of rotatable bonds is 7. The smallest absolute Gasteiger partial charge is 0.257 e. The van der Waals surface area contributed by atoms with Crippen LogP contribution in [0.4, 0.5) is 5.69 Å². The van der Waals surface area contributed by atoms with Gasteiger partial charge in [0.25, 0.3) is 11.8 Å². The number of amides is 2. The first-order valence-electron chi connectivity index (χ1n) is 12.1. The molecule has 1 atom stereocenters. The van der Waals surface area contributed by atoms with Crippen LogP contribution in [0.15, 0.2) is 91.5 Å². The van der Waals surface area contributed by atoms with Crippen LogP contribution in [0.25, 0.3) is 5.69 Å². The van der Waals surface area contributed by atoms with Gasteiger partial charge in [0, 0.05) is 37.1 Å². The molecule has 1 fully saturated rings. The van der Waals surface area contributed by atoms with Crippen LogP contribution in [0.1, 0.15) is 39.1 Å². The molecule has 0 spiro atoms. The lowest BCUT2D eigenvalue weighted by Gasteiger charge is -2.33. The molecule has 2 aromatic carbocycles. The molecule has 1 unspecified atom stereocenters. The molecular formula is C28H28N6O2. The number of hydrogen-bond donors (Lipinski definition) is 2. The number of pyridine rings is 1. The minimum Gasteiger partial charge on any atom is -0.348 e. The van der Waals surface area contributed by atoms with Crippen molar-refractivity contribution >= 4 is 17.5 Å². The molecule has 5 rings (SSSR count). The predicted octanol–water partition coefficient (Wildman–Crippen LogP) is 3.91. The number of nitrogens with one attached hydrogen (secondary N) is 2. The summed E-state index contributed by atoms with van der Waals surface area (Å²) in [5, 5.41) is 10.3. The molecule has 8 heteroatoms. The number of benzene rings is 2. The van der Waals surface area contributed by atoms with E-state index in [0.29, 0.717) is 16.8 Å². The lowest BCUT2D eigenvalue weighted by molar-refractivity contribution is 0.0900. The molecule has 4 aromatic rings. The van der Waals surface area contributed by atoms with Crippen LogP contribution in [0.5, 0.6) is 0 Å². The third kappa shape index (κ3) is 5.84. The van der Waals surface area contributed by atoms with Crippen LogP contribution in [-0.2, 0) is 6.54 Å². The second-order valence-electron chi connectivity index (χ2n) is 8.95. The number of carbonyl (C=O) groups excluding carboxylic acids is 2. The third-order valence-corrected chi connectivity index (χ3v) is 6.25. The fourth-order valence-electron chi connectivity index (χ4n) is 4.42. The van der Waals surface area contributed by atoms with Crippen LogP contribution in [0.3, 0.4) is 0 Å². The summed E-state index contributed by atoms with van der Waals surface area (Å²) in [6.07, 6.45) is 8.49. The van der Waals surface area contributed by atoms with E-state index in [4.69, 9.17) is 0 Å². The number of carbonyl (C=O) groups is 2. The number of nitrogens with zero attached hydrogens (tertiary/aromatic N) is 4. The second-order valence-corrected chi connectivity index (χ2v) is 8.95. The normalized spacial score (nSPS) is 15.8. The number of piperidine rings is 1. The van der Waals surface area contributed by atoms with Gasteiger partial charge in [-0.05, 0) is 61.3 Å². The predicted molar refractivity (Wildman–Crippen MR) is 138 cm³/mol. The summed E-state index contributed by atoms with van der Waals surface area (Å²) in [6.45, 7) is 2.79. The molecule has 1 saturated heterocycles. The first kappa shape index (κ1) is 23.4. The summed E-state index contributed by atoms with van der Waals surface area (Å²) >= 11 is 0. The highest BCUT2D eigenvalue weighted by Crippen LogP contribution is 2.16. The van der Waals surface area contributed by atoms with E-state index in [9.17, 15) is 9.59 Å². The molecule has 2 aromatic heterocycles. The van der Waals surface area contributed by atoms with Gasteiger partial charge in [-0.15, -0.1) is 0 Å². The van der Waals surface area contributed by atoms with Crippen molar-refractivity contribution in [3.8, 4) is 5.69 Å². The van der Waals surface area contributed by atoms with E-state index in [2.05, 4.69) is 49.9 Å². The van der Waals surface area contributed by atoms with Gasteiger partial charge in [-0.25, -0.2) is 4.68 Å². The fourth-order valence-corrected chi connectivity index (χ4v) is 4.42. The largest absolute Gasteiger partial charge is 0.348 e. The average molecular weight is 481 g/mol. The molecule has 182 valence electrons. The van der Waals surface area contributed by atoms with Crippen molar-refractivity contribution in [3.63, 3.8) is 0 Å². The highest BCUT2D eigenvalue weighted by Gasteiger charge is 2.22. The lowest BCUT2D eigenvalue weighted by Crippen LogP contribution is -2.47. The van der Waals surface area contributed by atoms with Gasteiger partial charge in [0.1, 0.15) is 0 Å². The summed E-state index contributed by atoms with van der Waals surface area (Å²) in [5.41, 5.74) is 3.74. The quantitative estimate of drug-likeness (QED) is 0.418. The number of hydrogen-bond acceptors (Lipinski definition) is 5. The molecule has 8 nitrogen and oxygen atoms in total. The molecule has 0 aliphatic carbocycles. The van der Waals surface area contributed by atoms with E-state index in [1.54, 1.807) is 47.5 Å². The van der Waals surface area contributed by atoms with Gasteiger partial charge in [-0.2, -0.15) is 5.10 Å². The monoisotopic (exact) mass is 480 g/mol. The minimum atomic E-state index is -0.250. The lowest BCUT2D eigenvalue weighted by atomic mass is 10.0.